The molecular weight excluding hydrogens is 250 g/mol. The summed E-state index contributed by atoms with van der Waals surface area (Å²) in [4.78, 5) is 6.98. The minimum absolute atomic E-state index is 0.0338. The highest BCUT2D eigenvalue weighted by molar-refractivity contribution is 5.45. The van der Waals surface area contributed by atoms with Crippen molar-refractivity contribution in [3.8, 4) is 0 Å². The predicted molar refractivity (Wildman–Crippen MR) is 83.2 cm³/mol. The number of pyridine rings is 1. The van der Waals surface area contributed by atoms with Crippen LogP contribution >= 0.6 is 0 Å². The Morgan fingerprint density at radius 1 is 1.50 bits per heavy atom. The highest BCUT2D eigenvalue weighted by Gasteiger charge is 2.30. The molecule has 112 valence electrons. The van der Waals surface area contributed by atoms with Crippen LogP contribution < -0.4 is 10.2 Å². The average Bonchev–Trinajstić information content (AvgIpc) is 2.48. The monoisotopic (exact) mass is 277 g/mol. The topological polar surface area (TPSA) is 37.4 Å². The third-order valence-corrected chi connectivity index (χ3v) is 4.24. The fourth-order valence-corrected chi connectivity index (χ4v) is 2.84. The summed E-state index contributed by atoms with van der Waals surface area (Å²) in [6.45, 7) is 9.44. The van der Waals surface area contributed by atoms with Crippen LogP contribution in [0.15, 0.2) is 18.3 Å². The molecule has 1 fully saturated rings. The maximum absolute atomic E-state index is 5.65. The molecule has 0 aliphatic carbocycles. The number of aromatic nitrogens is 1. The van der Waals surface area contributed by atoms with Gasteiger partial charge in [-0.05, 0) is 45.4 Å². The number of anilines is 1. The molecule has 1 aromatic rings. The predicted octanol–water partition coefficient (Wildman–Crippen LogP) is 2.76. The van der Waals surface area contributed by atoms with E-state index in [0.717, 1.165) is 31.7 Å². The molecule has 4 nitrogen and oxygen atoms in total. The molecule has 1 aliphatic rings. The Morgan fingerprint density at radius 2 is 2.30 bits per heavy atom. The first-order valence-corrected chi connectivity index (χ1v) is 7.57. The summed E-state index contributed by atoms with van der Waals surface area (Å²) in [6, 6.07) is 4.61. The summed E-state index contributed by atoms with van der Waals surface area (Å²) in [7, 11) is 1.81. The van der Waals surface area contributed by atoms with Crippen LogP contribution in [0, 0.1) is 0 Å². The van der Waals surface area contributed by atoms with Gasteiger partial charge in [0.1, 0.15) is 0 Å². The Hall–Kier alpha value is -1.13. The SMILES string of the molecule is CCNC(C)c1ccc(N2CCCC(C)(OC)C2)cn1. The third kappa shape index (κ3) is 3.49. The molecular formula is C16H27N3O. The van der Waals surface area contributed by atoms with Gasteiger partial charge in [-0.3, -0.25) is 4.98 Å². The number of rotatable bonds is 5. The maximum Gasteiger partial charge on any atom is 0.0825 e. The molecule has 0 amide bonds. The van der Waals surface area contributed by atoms with Gasteiger partial charge < -0.3 is 15.0 Å². The van der Waals surface area contributed by atoms with E-state index in [1.54, 1.807) is 0 Å². The molecule has 0 spiro atoms. The summed E-state index contributed by atoms with van der Waals surface area (Å²) in [5, 5.41) is 3.39. The van der Waals surface area contributed by atoms with Gasteiger partial charge in [-0.15, -0.1) is 0 Å². The molecule has 20 heavy (non-hydrogen) atoms. The largest absolute Gasteiger partial charge is 0.377 e. The van der Waals surface area contributed by atoms with Crippen LogP contribution in [-0.2, 0) is 4.74 Å². The lowest BCUT2D eigenvalue weighted by Gasteiger charge is -2.40. The fraction of sp³-hybridized carbons (Fsp3) is 0.688. The van der Waals surface area contributed by atoms with Crippen molar-refractivity contribution in [3.05, 3.63) is 24.0 Å². The summed E-state index contributed by atoms with van der Waals surface area (Å²) >= 11 is 0. The molecule has 1 saturated heterocycles. The fourth-order valence-electron chi connectivity index (χ4n) is 2.84. The number of nitrogens with zero attached hydrogens (tertiary/aromatic N) is 2. The molecule has 0 aromatic carbocycles. The number of hydrogen-bond acceptors (Lipinski definition) is 4. The Kier molecular flexibility index (Phi) is 5.00. The Bertz CT molecular complexity index is 420. The first-order valence-electron chi connectivity index (χ1n) is 7.57. The van der Waals surface area contributed by atoms with Gasteiger partial charge >= 0.3 is 0 Å². The summed E-state index contributed by atoms with van der Waals surface area (Å²) in [5.74, 6) is 0. The first kappa shape index (κ1) is 15.3. The first-order chi connectivity index (χ1) is 9.58. The molecule has 2 heterocycles. The maximum atomic E-state index is 5.65. The van der Waals surface area contributed by atoms with Crippen LogP contribution in [0.4, 0.5) is 5.69 Å². The Balaban J connectivity index is 2.06. The number of nitrogens with one attached hydrogen (secondary N) is 1. The van der Waals surface area contributed by atoms with Gasteiger partial charge in [-0.1, -0.05) is 6.92 Å². The van der Waals surface area contributed by atoms with Crippen molar-refractivity contribution in [1.29, 1.82) is 0 Å². The second-order valence-corrected chi connectivity index (χ2v) is 5.90. The van der Waals surface area contributed by atoms with Gasteiger partial charge in [0.05, 0.1) is 23.2 Å². The smallest absolute Gasteiger partial charge is 0.0825 e. The summed E-state index contributed by atoms with van der Waals surface area (Å²) < 4.78 is 5.65. The van der Waals surface area contributed by atoms with Gasteiger partial charge in [-0.2, -0.15) is 0 Å². The number of piperidine rings is 1. The number of ether oxygens (including phenoxy) is 1. The van der Waals surface area contributed by atoms with E-state index in [4.69, 9.17) is 4.74 Å². The zero-order valence-electron chi connectivity index (χ0n) is 13.1. The summed E-state index contributed by atoms with van der Waals surface area (Å²) in [5.41, 5.74) is 2.26. The number of methoxy groups -OCH3 is 1. The van der Waals surface area contributed by atoms with Gasteiger partial charge in [0.2, 0.25) is 0 Å². The average molecular weight is 277 g/mol. The standard InChI is InChI=1S/C16H27N3O/c1-5-17-13(2)15-8-7-14(11-18-15)19-10-6-9-16(3,12-19)20-4/h7-8,11,13,17H,5-6,9-10,12H2,1-4H3. The molecule has 1 N–H and O–H groups in total. The zero-order chi connectivity index (χ0) is 14.6. The van der Waals surface area contributed by atoms with Crippen molar-refractivity contribution >= 4 is 5.69 Å². The molecule has 2 unspecified atom stereocenters. The van der Waals surface area contributed by atoms with Gasteiger partial charge in [0.15, 0.2) is 0 Å². The van der Waals surface area contributed by atoms with Crippen molar-refractivity contribution in [2.45, 2.75) is 45.3 Å². The van der Waals surface area contributed by atoms with E-state index in [-0.39, 0.29) is 5.60 Å². The van der Waals surface area contributed by atoms with E-state index >= 15 is 0 Å². The lowest BCUT2D eigenvalue weighted by molar-refractivity contribution is -0.00466. The minimum atomic E-state index is -0.0338. The lowest BCUT2D eigenvalue weighted by atomic mass is 9.94. The van der Waals surface area contributed by atoms with Crippen LogP contribution in [0.5, 0.6) is 0 Å². The highest BCUT2D eigenvalue weighted by atomic mass is 16.5. The quantitative estimate of drug-likeness (QED) is 0.898. The zero-order valence-corrected chi connectivity index (χ0v) is 13.1. The van der Waals surface area contributed by atoms with Crippen molar-refractivity contribution < 1.29 is 4.74 Å². The van der Waals surface area contributed by atoms with E-state index in [1.165, 1.54) is 12.1 Å². The van der Waals surface area contributed by atoms with Gasteiger partial charge in [0.25, 0.3) is 0 Å². The van der Waals surface area contributed by atoms with Crippen molar-refractivity contribution in [1.82, 2.24) is 10.3 Å². The van der Waals surface area contributed by atoms with Crippen LogP contribution in [0.2, 0.25) is 0 Å². The third-order valence-electron chi connectivity index (χ3n) is 4.24. The van der Waals surface area contributed by atoms with Gasteiger partial charge in [0, 0.05) is 26.2 Å². The molecule has 2 atom stereocenters. The van der Waals surface area contributed by atoms with Crippen molar-refractivity contribution in [2.24, 2.45) is 0 Å². The molecule has 2 rings (SSSR count). The molecule has 1 aromatic heterocycles. The van der Waals surface area contributed by atoms with Crippen molar-refractivity contribution in [2.75, 3.05) is 31.6 Å². The molecule has 0 bridgehead atoms. The lowest BCUT2D eigenvalue weighted by Crippen LogP contribution is -2.47. The van der Waals surface area contributed by atoms with E-state index in [2.05, 4.69) is 48.1 Å². The van der Waals surface area contributed by atoms with Crippen LogP contribution in [0.3, 0.4) is 0 Å². The van der Waals surface area contributed by atoms with E-state index in [9.17, 15) is 0 Å². The second kappa shape index (κ2) is 6.55. The normalized spacial score (nSPS) is 24.7. The second-order valence-electron chi connectivity index (χ2n) is 5.90. The summed E-state index contributed by atoms with van der Waals surface area (Å²) in [6.07, 6.45) is 4.29. The molecule has 4 heteroatoms. The molecule has 1 aliphatic heterocycles. The Morgan fingerprint density at radius 3 is 2.90 bits per heavy atom. The van der Waals surface area contributed by atoms with E-state index in [1.807, 2.05) is 13.3 Å². The van der Waals surface area contributed by atoms with Crippen molar-refractivity contribution in [3.63, 3.8) is 0 Å². The van der Waals surface area contributed by atoms with E-state index in [0.29, 0.717) is 6.04 Å². The molecule has 0 saturated carbocycles. The van der Waals surface area contributed by atoms with Gasteiger partial charge in [-0.25, -0.2) is 0 Å². The van der Waals surface area contributed by atoms with Crippen LogP contribution in [-0.4, -0.2) is 37.3 Å². The highest BCUT2D eigenvalue weighted by Crippen LogP contribution is 2.28. The minimum Gasteiger partial charge on any atom is -0.377 e. The van der Waals surface area contributed by atoms with Crippen LogP contribution in [0.1, 0.15) is 45.3 Å². The number of hydrogen-bond donors (Lipinski definition) is 1. The Labute approximate surface area is 122 Å². The van der Waals surface area contributed by atoms with Crippen LogP contribution in [0.25, 0.3) is 0 Å². The van der Waals surface area contributed by atoms with E-state index < -0.39 is 0 Å². The molecule has 0 radical (unpaired) electrons.